The highest BCUT2D eigenvalue weighted by molar-refractivity contribution is 9.10. The van der Waals surface area contributed by atoms with Crippen molar-refractivity contribution >= 4 is 74.3 Å². The molecule has 366 valence electrons. The fraction of sp³-hybridized carbons (Fsp3) is 0.185. The topological polar surface area (TPSA) is 206 Å². The lowest BCUT2D eigenvalue weighted by molar-refractivity contribution is 0.00578. The lowest BCUT2D eigenvalue weighted by Crippen LogP contribution is -2.41. The molecule has 7 heterocycles. The van der Waals surface area contributed by atoms with Crippen molar-refractivity contribution in [3.8, 4) is 57.1 Å². The van der Waals surface area contributed by atoms with Crippen LogP contribution < -0.4 is 24.4 Å². The first-order valence-electron chi connectivity index (χ1n) is 22.5. The summed E-state index contributed by atoms with van der Waals surface area (Å²) in [5.41, 5.74) is 5.47. The van der Waals surface area contributed by atoms with Gasteiger partial charge in [0.25, 0.3) is 0 Å². The van der Waals surface area contributed by atoms with Crippen LogP contribution in [-0.4, -0.2) is 83.6 Å². The van der Waals surface area contributed by atoms with E-state index in [9.17, 15) is 30.0 Å². The third kappa shape index (κ3) is 9.11. The Morgan fingerprint density at radius 3 is 1.56 bits per heavy atom. The molecule has 3 aliphatic heterocycles. The molecule has 0 aliphatic carbocycles. The van der Waals surface area contributed by atoms with E-state index >= 15 is 0 Å². The van der Waals surface area contributed by atoms with E-state index in [1.54, 1.807) is 38.8 Å². The van der Waals surface area contributed by atoms with Crippen molar-refractivity contribution in [1.82, 2.24) is 19.1 Å². The van der Waals surface area contributed by atoms with Crippen molar-refractivity contribution in [2.75, 3.05) is 14.2 Å². The number of nitrogens with zero attached hydrogens (tertiary/aromatic N) is 4. The highest BCUT2D eigenvalue weighted by Crippen LogP contribution is 2.43. The average Bonchev–Trinajstić information content (AvgIpc) is 4.09. The second-order valence-electron chi connectivity index (χ2n) is 18.1. The van der Waals surface area contributed by atoms with Gasteiger partial charge in [0.15, 0.2) is 11.5 Å². The number of pyridine rings is 2. The molecule has 0 bridgehead atoms. The lowest BCUT2D eigenvalue weighted by Gasteiger charge is -2.32. The molecule has 8 aromatic rings. The number of fused-ring (bicyclic) bond motifs is 4. The van der Waals surface area contributed by atoms with E-state index < -0.39 is 11.6 Å². The minimum Gasteiger partial charge on any atom is -0.508 e. The number of ether oxygens (including phenoxy) is 4. The number of carbonyl (C=O) groups is 2. The van der Waals surface area contributed by atoms with Crippen LogP contribution in [0.4, 0.5) is 0 Å². The number of aromatic hydroxyl groups is 4. The predicted molar refractivity (Wildman–Crippen MR) is 275 cm³/mol. The van der Waals surface area contributed by atoms with E-state index in [0.29, 0.717) is 0 Å². The summed E-state index contributed by atoms with van der Waals surface area (Å²) in [6.07, 6.45) is 10.4. The van der Waals surface area contributed by atoms with Crippen LogP contribution in [0, 0.1) is 0 Å². The van der Waals surface area contributed by atoms with E-state index in [1.807, 2.05) is 96.3 Å². The largest absolute Gasteiger partial charge is 0.508 e. The summed E-state index contributed by atoms with van der Waals surface area (Å²) in [7, 11) is 6.72. The monoisotopic (exact) mass is 1030 g/mol. The second kappa shape index (κ2) is 18.9. The number of phenols is 4. The molecule has 18 heteroatoms. The number of hydrogen-bond acceptors (Lipinski definition) is 14. The third-order valence-corrected chi connectivity index (χ3v) is 13.5. The number of halogens is 1. The van der Waals surface area contributed by atoms with Crippen LogP contribution in [0.3, 0.4) is 0 Å². The Kier molecular flexibility index (Phi) is 12.9. The van der Waals surface area contributed by atoms with Gasteiger partial charge in [0, 0.05) is 89.5 Å². The van der Waals surface area contributed by atoms with E-state index in [2.05, 4.69) is 53.6 Å². The van der Waals surface area contributed by atoms with Crippen LogP contribution in [0.15, 0.2) is 126 Å². The van der Waals surface area contributed by atoms with Gasteiger partial charge in [-0.15, -0.1) is 0 Å². The van der Waals surface area contributed by atoms with Crippen molar-refractivity contribution in [1.29, 1.82) is 0 Å². The van der Waals surface area contributed by atoms with Crippen LogP contribution in [0.5, 0.6) is 46.0 Å². The lowest BCUT2D eigenvalue weighted by atomic mass is 9.79. The number of rotatable bonds is 6. The molecule has 4 N–H and O–H groups in total. The van der Waals surface area contributed by atoms with Crippen LogP contribution in [-0.2, 0) is 23.4 Å². The highest BCUT2D eigenvalue weighted by atomic mass is 79.9. The summed E-state index contributed by atoms with van der Waals surface area (Å²) in [4.78, 5) is 34.1. The Hall–Kier alpha value is -8.06. The van der Waals surface area contributed by atoms with Gasteiger partial charge in [0.2, 0.25) is 11.6 Å². The summed E-state index contributed by atoms with van der Waals surface area (Å²) < 4.78 is 38.1. The summed E-state index contributed by atoms with van der Waals surface area (Å²) in [5, 5.41) is 40.9. The Bertz CT molecular complexity index is 3510. The van der Waals surface area contributed by atoms with Gasteiger partial charge in [-0.25, -0.2) is 9.97 Å². The predicted octanol–water partition coefficient (Wildman–Crippen LogP) is 9.63. The number of ketones is 2. The molecule has 1 saturated heterocycles. The SMILES string of the molecule is COc1ccc(-c2ccnc3c2c(/C=C2\Oc4cc(O)cc(O)c4C2=O)cn3C)cc1.COc1ccc(B2OC(C)(C)C(C)(C)O2)cc1.Cn1cc(/C=C2\Oc3cc(O)cc(O)c3C2=O)c2c(Br)ccnc21. The standard InChI is InChI=1S/C24H18N2O5.C17H11BrN2O4.C13H19BO3/c1-26-12-14(9-20-23(29)22-18(28)10-15(27)11-19(22)31-20)21-17(7-8-25-24(21)26)13-3-5-16(30-2)6-4-13;1-20-7-8(14-10(18)2-3-19-17(14)20)4-13-16(23)15-11(22)5-9(21)6-12(15)24-13;1-12(2)13(3,4)17-14(16-12)10-6-8-11(15-5)9-7-10/h3-12,27-28H,1-2H3;2-7,21-22H,1H3;6-9H,1-5H3/b20-9-;13-4-;. The van der Waals surface area contributed by atoms with Crippen molar-refractivity contribution < 1.29 is 58.3 Å². The molecule has 1 fully saturated rings. The fourth-order valence-electron chi connectivity index (χ4n) is 8.44. The van der Waals surface area contributed by atoms with E-state index in [1.165, 1.54) is 12.1 Å². The average molecular weight is 1040 g/mol. The first-order chi connectivity index (χ1) is 34.3. The van der Waals surface area contributed by atoms with Gasteiger partial charge in [-0.2, -0.15) is 0 Å². The molecule has 0 radical (unpaired) electrons. The van der Waals surface area contributed by atoms with Gasteiger partial charge in [-0.05, 0) is 109 Å². The Labute approximate surface area is 422 Å². The molecule has 0 unspecified atom stereocenters. The fourth-order valence-corrected chi connectivity index (χ4v) is 8.97. The Morgan fingerprint density at radius 2 is 1.07 bits per heavy atom. The van der Waals surface area contributed by atoms with Gasteiger partial charge in [-0.3, -0.25) is 9.59 Å². The molecule has 0 saturated carbocycles. The van der Waals surface area contributed by atoms with Gasteiger partial charge in [-0.1, -0.05) is 24.3 Å². The number of aromatic nitrogens is 4. The maximum Gasteiger partial charge on any atom is 0.494 e. The minimum absolute atomic E-state index is 0.0396. The number of allylic oxidation sites excluding steroid dienone is 2. The van der Waals surface area contributed by atoms with Gasteiger partial charge < -0.3 is 57.8 Å². The Morgan fingerprint density at radius 1 is 0.625 bits per heavy atom. The zero-order valence-electron chi connectivity index (χ0n) is 40.3. The zero-order chi connectivity index (χ0) is 51.4. The molecule has 4 aromatic carbocycles. The maximum atomic E-state index is 12.8. The van der Waals surface area contributed by atoms with Crippen LogP contribution in [0.2, 0.25) is 0 Å². The quantitative estimate of drug-likeness (QED) is 0.0904. The van der Waals surface area contributed by atoms with E-state index in [0.717, 1.165) is 77.9 Å². The van der Waals surface area contributed by atoms with Crippen molar-refractivity contribution in [3.63, 3.8) is 0 Å². The van der Waals surface area contributed by atoms with Crippen molar-refractivity contribution in [2.45, 2.75) is 38.9 Å². The number of aryl methyl sites for hydroxylation is 2. The number of phenolic OH excluding ortho intramolecular Hbond substituents is 4. The number of methoxy groups -OCH3 is 2. The highest BCUT2D eigenvalue weighted by Gasteiger charge is 2.51. The maximum absolute atomic E-state index is 12.8. The van der Waals surface area contributed by atoms with Gasteiger partial charge in [0.1, 0.15) is 68.4 Å². The van der Waals surface area contributed by atoms with Gasteiger partial charge >= 0.3 is 7.12 Å². The Balaban J connectivity index is 0.000000139. The molecule has 16 nitrogen and oxygen atoms in total. The zero-order valence-corrected chi connectivity index (χ0v) is 41.9. The van der Waals surface area contributed by atoms with Gasteiger partial charge in [0.05, 0.1) is 25.4 Å². The van der Waals surface area contributed by atoms with Crippen LogP contribution >= 0.6 is 15.9 Å². The number of Topliss-reactive ketones (excluding diaryl/α,β-unsaturated/α-hetero) is 2. The second-order valence-corrected chi connectivity index (χ2v) is 18.9. The van der Waals surface area contributed by atoms with Crippen LogP contribution in [0.1, 0.15) is 59.5 Å². The molecule has 3 aliphatic rings. The van der Waals surface area contributed by atoms with E-state index in [4.69, 9.17) is 28.3 Å². The molecule has 0 atom stereocenters. The number of benzene rings is 4. The molecule has 4 aromatic heterocycles. The number of carbonyl (C=O) groups excluding carboxylic acids is 2. The molecule has 11 rings (SSSR count). The molecule has 0 spiro atoms. The summed E-state index contributed by atoms with van der Waals surface area (Å²) in [6, 6.07) is 24.1. The van der Waals surface area contributed by atoms with Crippen LogP contribution in [0.25, 0.3) is 45.3 Å². The van der Waals surface area contributed by atoms with Crippen molar-refractivity contribution in [2.24, 2.45) is 14.1 Å². The molecular weight excluding hydrogens is 987 g/mol. The molecular formula is C54H48BBrN4O12. The third-order valence-electron chi connectivity index (χ3n) is 12.8. The summed E-state index contributed by atoms with van der Waals surface area (Å²) >= 11 is 3.49. The van der Waals surface area contributed by atoms with Crippen molar-refractivity contribution in [3.05, 3.63) is 148 Å². The summed E-state index contributed by atoms with van der Waals surface area (Å²) in [5.74, 6) is 0.157. The first-order valence-corrected chi connectivity index (χ1v) is 23.2. The summed E-state index contributed by atoms with van der Waals surface area (Å²) in [6.45, 7) is 8.21. The molecule has 72 heavy (non-hydrogen) atoms. The first kappa shape index (κ1) is 48.9. The smallest absolute Gasteiger partial charge is 0.494 e. The van der Waals surface area contributed by atoms with E-state index in [-0.39, 0.29) is 75.5 Å². The number of hydrogen-bond donors (Lipinski definition) is 4. The minimum atomic E-state index is -0.445. The normalized spacial score (nSPS) is 16.2. The molecule has 0 amide bonds.